The number of unbranched alkanes of at least 4 members (excludes halogenated alkanes) is 1. The van der Waals surface area contributed by atoms with E-state index < -0.39 is 5.82 Å². The first-order valence-corrected chi connectivity index (χ1v) is 8.70. The van der Waals surface area contributed by atoms with Crippen molar-refractivity contribution < 1.29 is 9.18 Å². The fraction of sp³-hybridized carbons (Fsp3) is 0.500. The van der Waals surface area contributed by atoms with Crippen LogP contribution in [0.3, 0.4) is 0 Å². The summed E-state index contributed by atoms with van der Waals surface area (Å²) in [6.07, 6.45) is 2.82. The number of carbonyl (C=O) groups is 1. The van der Waals surface area contributed by atoms with E-state index in [0.29, 0.717) is 12.4 Å². The third kappa shape index (κ3) is 4.63. The number of hydrogen-bond donors (Lipinski definition) is 2. The predicted octanol–water partition coefficient (Wildman–Crippen LogP) is 2.78. The Hall–Kier alpha value is -2.28. The Morgan fingerprint density at radius 1 is 1.36 bits per heavy atom. The monoisotopic (exact) mass is 347 g/mol. The number of nitrogens with two attached hydrogens (primary N) is 1. The van der Waals surface area contributed by atoms with Crippen LogP contribution in [0.4, 0.5) is 4.39 Å². The molecule has 1 aromatic carbocycles. The minimum atomic E-state index is -0.413. The predicted molar refractivity (Wildman–Crippen MR) is 95.2 cm³/mol. The summed E-state index contributed by atoms with van der Waals surface area (Å²) in [7, 11) is 0. The summed E-state index contributed by atoms with van der Waals surface area (Å²) in [5.74, 6) is -0.248. The Labute approximate surface area is 147 Å². The quantitative estimate of drug-likeness (QED) is 0.769. The van der Waals surface area contributed by atoms with Gasteiger partial charge in [0, 0.05) is 18.5 Å². The second-order valence-corrected chi connectivity index (χ2v) is 6.36. The summed E-state index contributed by atoms with van der Waals surface area (Å²) in [6.45, 7) is 6.29. The maximum atomic E-state index is 14.1. The molecule has 0 saturated carbocycles. The summed E-state index contributed by atoms with van der Waals surface area (Å²) >= 11 is 0. The average molecular weight is 347 g/mol. The Morgan fingerprint density at radius 2 is 2.08 bits per heavy atom. The lowest BCUT2D eigenvalue weighted by Crippen LogP contribution is -2.40. The molecule has 25 heavy (non-hydrogen) atoms. The lowest BCUT2D eigenvalue weighted by molar-refractivity contribution is 0.0925. The summed E-state index contributed by atoms with van der Waals surface area (Å²) in [6, 6.07) is 6.18. The molecule has 1 unspecified atom stereocenters. The Bertz CT molecular complexity index is 713. The lowest BCUT2D eigenvalue weighted by atomic mass is 10.1. The van der Waals surface area contributed by atoms with E-state index in [9.17, 15) is 9.18 Å². The number of hydrogen-bond acceptors (Lipinski definition) is 4. The number of benzene rings is 1. The summed E-state index contributed by atoms with van der Waals surface area (Å²) in [5.41, 5.74) is 6.00. The van der Waals surface area contributed by atoms with Gasteiger partial charge in [0.1, 0.15) is 17.3 Å². The largest absolute Gasteiger partial charge is 0.345 e. The van der Waals surface area contributed by atoms with Crippen LogP contribution in [0.5, 0.6) is 0 Å². The minimum absolute atomic E-state index is 0.0148. The standard InChI is InChI=1S/C18H26FN5O/c1-4-5-8-13(11-20)21-18(25)16-22-17(12(2)3)24(23-16)15-10-7-6-9-14(15)19/h6-7,9-10,12-13H,4-5,8,11,20H2,1-3H3,(H,21,25). The highest BCUT2D eigenvalue weighted by atomic mass is 19.1. The Balaban J connectivity index is 2.29. The zero-order valence-corrected chi connectivity index (χ0v) is 15.0. The maximum absolute atomic E-state index is 14.1. The molecule has 2 rings (SSSR count). The molecule has 2 aromatic rings. The lowest BCUT2D eigenvalue weighted by Gasteiger charge is -2.14. The van der Waals surface area contributed by atoms with Crippen molar-refractivity contribution in [3.8, 4) is 5.69 Å². The van der Waals surface area contributed by atoms with E-state index in [-0.39, 0.29) is 29.4 Å². The van der Waals surface area contributed by atoms with E-state index in [1.54, 1.807) is 18.2 Å². The fourth-order valence-corrected chi connectivity index (χ4v) is 2.54. The van der Waals surface area contributed by atoms with E-state index in [1.165, 1.54) is 10.7 Å². The van der Waals surface area contributed by atoms with Crippen molar-refractivity contribution in [1.29, 1.82) is 0 Å². The van der Waals surface area contributed by atoms with Crippen LogP contribution in [0, 0.1) is 5.82 Å². The Kier molecular flexibility index (Phi) is 6.64. The number of amides is 1. The molecule has 0 aliphatic carbocycles. The first kappa shape index (κ1) is 19.1. The van der Waals surface area contributed by atoms with E-state index in [0.717, 1.165) is 19.3 Å². The molecule has 6 nitrogen and oxygen atoms in total. The van der Waals surface area contributed by atoms with Crippen molar-refractivity contribution in [2.45, 2.75) is 52.0 Å². The molecule has 1 atom stereocenters. The second-order valence-electron chi connectivity index (χ2n) is 6.36. The molecule has 0 bridgehead atoms. The van der Waals surface area contributed by atoms with Gasteiger partial charge in [0.25, 0.3) is 5.91 Å². The molecule has 3 N–H and O–H groups in total. The Morgan fingerprint density at radius 3 is 2.68 bits per heavy atom. The molecule has 0 aliphatic heterocycles. The van der Waals surface area contributed by atoms with Crippen molar-refractivity contribution in [2.24, 2.45) is 5.73 Å². The molecule has 1 amide bonds. The van der Waals surface area contributed by atoms with Gasteiger partial charge in [-0.15, -0.1) is 5.10 Å². The zero-order valence-electron chi connectivity index (χ0n) is 15.0. The van der Waals surface area contributed by atoms with Crippen LogP contribution in [0.1, 0.15) is 62.4 Å². The van der Waals surface area contributed by atoms with Gasteiger partial charge < -0.3 is 11.1 Å². The third-order valence-corrected chi connectivity index (χ3v) is 3.96. The van der Waals surface area contributed by atoms with Gasteiger partial charge in [0.2, 0.25) is 5.82 Å². The molecule has 0 saturated heterocycles. The van der Waals surface area contributed by atoms with Crippen molar-refractivity contribution in [3.05, 3.63) is 41.7 Å². The highest BCUT2D eigenvalue weighted by Crippen LogP contribution is 2.19. The molecule has 0 radical (unpaired) electrons. The van der Waals surface area contributed by atoms with Crippen molar-refractivity contribution in [3.63, 3.8) is 0 Å². The number of para-hydroxylation sites is 1. The number of halogens is 1. The molecule has 136 valence electrons. The summed E-state index contributed by atoms with van der Waals surface area (Å²) in [4.78, 5) is 16.8. The van der Waals surface area contributed by atoms with Crippen LogP contribution in [0.15, 0.2) is 24.3 Å². The zero-order chi connectivity index (χ0) is 18.4. The first-order valence-electron chi connectivity index (χ1n) is 8.70. The van der Waals surface area contributed by atoms with E-state index in [4.69, 9.17) is 5.73 Å². The highest BCUT2D eigenvalue weighted by Gasteiger charge is 2.22. The smallest absolute Gasteiger partial charge is 0.291 e. The van der Waals surface area contributed by atoms with Gasteiger partial charge in [0.15, 0.2) is 0 Å². The topological polar surface area (TPSA) is 85.8 Å². The number of nitrogens with one attached hydrogen (secondary N) is 1. The molecule has 0 aliphatic rings. The minimum Gasteiger partial charge on any atom is -0.345 e. The third-order valence-electron chi connectivity index (χ3n) is 3.96. The molecular weight excluding hydrogens is 321 g/mol. The summed E-state index contributed by atoms with van der Waals surface area (Å²) in [5, 5.41) is 7.11. The SMILES string of the molecule is CCCCC(CN)NC(=O)c1nc(C(C)C)n(-c2ccccc2F)n1. The molecule has 1 aromatic heterocycles. The molecule has 1 heterocycles. The molecule has 0 spiro atoms. The van der Waals surface area contributed by atoms with Crippen LogP contribution in [0.2, 0.25) is 0 Å². The molecule has 0 fully saturated rings. The van der Waals surface area contributed by atoms with Gasteiger partial charge in [-0.05, 0) is 18.6 Å². The van der Waals surface area contributed by atoms with Crippen molar-refractivity contribution in [1.82, 2.24) is 20.1 Å². The average Bonchev–Trinajstić information content (AvgIpc) is 3.04. The van der Waals surface area contributed by atoms with Gasteiger partial charge >= 0.3 is 0 Å². The normalized spacial score (nSPS) is 12.4. The number of aromatic nitrogens is 3. The van der Waals surface area contributed by atoms with E-state index in [1.807, 2.05) is 13.8 Å². The fourth-order valence-electron chi connectivity index (χ4n) is 2.54. The maximum Gasteiger partial charge on any atom is 0.291 e. The van der Waals surface area contributed by atoms with Gasteiger partial charge in [-0.2, -0.15) is 0 Å². The van der Waals surface area contributed by atoms with Crippen LogP contribution >= 0.6 is 0 Å². The number of rotatable bonds is 8. The second kappa shape index (κ2) is 8.71. The van der Waals surface area contributed by atoms with Gasteiger partial charge in [-0.3, -0.25) is 4.79 Å². The van der Waals surface area contributed by atoms with E-state index >= 15 is 0 Å². The van der Waals surface area contributed by atoms with Crippen LogP contribution < -0.4 is 11.1 Å². The van der Waals surface area contributed by atoms with Crippen LogP contribution in [-0.2, 0) is 0 Å². The van der Waals surface area contributed by atoms with Crippen LogP contribution in [0.25, 0.3) is 5.69 Å². The van der Waals surface area contributed by atoms with Crippen LogP contribution in [-0.4, -0.2) is 33.3 Å². The summed E-state index contributed by atoms with van der Waals surface area (Å²) < 4.78 is 15.5. The number of nitrogens with zero attached hydrogens (tertiary/aromatic N) is 3. The first-order chi connectivity index (χ1) is 12.0. The van der Waals surface area contributed by atoms with Gasteiger partial charge in [0.05, 0.1) is 0 Å². The van der Waals surface area contributed by atoms with E-state index in [2.05, 4.69) is 22.3 Å². The molecular formula is C18H26FN5O. The molecule has 7 heteroatoms. The van der Waals surface area contributed by atoms with Crippen molar-refractivity contribution in [2.75, 3.05) is 6.54 Å². The highest BCUT2D eigenvalue weighted by molar-refractivity contribution is 5.90. The van der Waals surface area contributed by atoms with Crippen molar-refractivity contribution >= 4 is 5.91 Å². The van der Waals surface area contributed by atoms with Gasteiger partial charge in [-0.1, -0.05) is 45.7 Å². The van der Waals surface area contributed by atoms with Gasteiger partial charge in [-0.25, -0.2) is 14.1 Å². The number of carbonyl (C=O) groups excluding carboxylic acids is 1.